The number of aromatic nitrogens is 1. The zero-order chi connectivity index (χ0) is 16.4. The lowest BCUT2D eigenvalue weighted by atomic mass is 10.1. The monoisotopic (exact) mass is 326 g/mol. The van der Waals surface area contributed by atoms with Gasteiger partial charge in [-0.15, -0.1) is 0 Å². The van der Waals surface area contributed by atoms with Crippen molar-refractivity contribution in [3.8, 4) is 11.3 Å². The molecule has 0 saturated heterocycles. The van der Waals surface area contributed by atoms with Crippen LogP contribution in [-0.2, 0) is 0 Å². The molecular formula is C17H14N2O3S. The first-order valence-corrected chi connectivity index (χ1v) is 7.81. The van der Waals surface area contributed by atoms with Crippen LogP contribution in [-0.4, -0.2) is 16.7 Å². The molecule has 116 valence electrons. The van der Waals surface area contributed by atoms with Gasteiger partial charge in [-0.1, -0.05) is 41.7 Å². The largest absolute Gasteiger partial charge is 0.456 e. The Labute approximate surface area is 137 Å². The third-order valence-electron chi connectivity index (χ3n) is 3.18. The van der Waals surface area contributed by atoms with Crippen LogP contribution in [0.3, 0.4) is 0 Å². The number of hydrogen-bond acceptors (Lipinski definition) is 5. The molecule has 3 rings (SSSR count). The van der Waals surface area contributed by atoms with E-state index in [9.17, 15) is 9.59 Å². The van der Waals surface area contributed by atoms with Gasteiger partial charge in [0.1, 0.15) is 5.76 Å². The molecule has 0 aliphatic heterocycles. The number of furan rings is 1. The summed E-state index contributed by atoms with van der Waals surface area (Å²) in [4.78, 5) is 28.9. The molecule has 0 aliphatic rings. The van der Waals surface area contributed by atoms with Crippen LogP contribution >= 0.6 is 11.3 Å². The number of anilines is 1. The maximum atomic E-state index is 12.1. The number of ketones is 1. The van der Waals surface area contributed by atoms with Crippen LogP contribution in [0.15, 0.2) is 46.9 Å². The smallest absolute Gasteiger partial charge is 0.293 e. The normalized spacial score (nSPS) is 10.5. The van der Waals surface area contributed by atoms with E-state index in [0.29, 0.717) is 21.5 Å². The van der Waals surface area contributed by atoms with Crippen LogP contribution in [0, 0.1) is 6.92 Å². The van der Waals surface area contributed by atoms with Crippen molar-refractivity contribution in [3.63, 3.8) is 0 Å². The van der Waals surface area contributed by atoms with Crippen molar-refractivity contribution in [2.24, 2.45) is 0 Å². The van der Waals surface area contributed by atoms with E-state index in [2.05, 4.69) is 10.3 Å². The molecule has 2 heterocycles. The molecule has 0 atom stereocenters. The molecule has 0 unspecified atom stereocenters. The van der Waals surface area contributed by atoms with Crippen LogP contribution in [0.25, 0.3) is 11.3 Å². The molecule has 2 aromatic heterocycles. The van der Waals surface area contributed by atoms with Gasteiger partial charge >= 0.3 is 0 Å². The van der Waals surface area contributed by atoms with Gasteiger partial charge in [-0.3, -0.25) is 14.9 Å². The van der Waals surface area contributed by atoms with Crippen molar-refractivity contribution in [1.82, 2.24) is 4.98 Å². The summed E-state index contributed by atoms with van der Waals surface area (Å²) >= 11 is 1.16. The summed E-state index contributed by atoms with van der Waals surface area (Å²) in [6.07, 6.45) is 0. The summed E-state index contributed by atoms with van der Waals surface area (Å²) in [6, 6.07) is 12.7. The molecule has 5 nitrogen and oxygen atoms in total. The van der Waals surface area contributed by atoms with Gasteiger partial charge in [-0.25, -0.2) is 4.98 Å². The van der Waals surface area contributed by atoms with E-state index in [-0.39, 0.29) is 17.5 Å². The number of carbonyl (C=O) groups excluding carboxylic acids is 2. The molecule has 0 bridgehead atoms. The number of rotatable bonds is 4. The van der Waals surface area contributed by atoms with Crippen molar-refractivity contribution in [2.45, 2.75) is 13.8 Å². The Kier molecular flexibility index (Phi) is 4.08. The number of thiazole rings is 1. The molecule has 23 heavy (non-hydrogen) atoms. The molecule has 1 aromatic carbocycles. The Bertz CT molecular complexity index is 865. The Morgan fingerprint density at radius 2 is 1.87 bits per heavy atom. The fraction of sp³-hybridized carbons (Fsp3) is 0.118. The number of Topliss-reactive ketones (excluding diaryl/α,β-unsaturated/α-hetero) is 1. The van der Waals surface area contributed by atoms with E-state index in [0.717, 1.165) is 16.9 Å². The van der Waals surface area contributed by atoms with Crippen molar-refractivity contribution in [3.05, 3.63) is 58.9 Å². The van der Waals surface area contributed by atoms with Gasteiger partial charge in [0.2, 0.25) is 0 Å². The maximum Gasteiger partial charge on any atom is 0.293 e. The predicted molar refractivity (Wildman–Crippen MR) is 89.0 cm³/mol. The number of nitrogens with zero attached hydrogens (tertiary/aromatic N) is 1. The zero-order valence-electron chi connectivity index (χ0n) is 12.6. The summed E-state index contributed by atoms with van der Waals surface area (Å²) in [5.41, 5.74) is 1.41. The summed E-state index contributed by atoms with van der Waals surface area (Å²) in [5.74, 6) is 0.393. The summed E-state index contributed by atoms with van der Waals surface area (Å²) < 4.78 is 5.28. The molecule has 0 spiro atoms. The van der Waals surface area contributed by atoms with Gasteiger partial charge in [0.15, 0.2) is 16.7 Å². The van der Waals surface area contributed by atoms with Crippen molar-refractivity contribution < 1.29 is 14.0 Å². The second kappa shape index (κ2) is 6.18. The number of nitrogens with one attached hydrogen (secondary N) is 1. The van der Waals surface area contributed by atoms with Gasteiger partial charge in [0.25, 0.3) is 5.91 Å². The fourth-order valence-corrected chi connectivity index (χ4v) is 3.00. The van der Waals surface area contributed by atoms with E-state index in [1.54, 1.807) is 19.1 Å². The zero-order valence-corrected chi connectivity index (χ0v) is 13.4. The van der Waals surface area contributed by atoms with Gasteiger partial charge in [0.05, 0.1) is 10.6 Å². The topological polar surface area (TPSA) is 72.2 Å². The molecule has 3 aromatic rings. The molecule has 0 radical (unpaired) electrons. The van der Waals surface area contributed by atoms with Crippen molar-refractivity contribution in [1.29, 1.82) is 0 Å². The van der Waals surface area contributed by atoms with Crippen LogP contribution in [0.2, 0.25) is 0 Å². The highest BCUT2D eigenvalue weighted by Crippen LogP contribution is 2.31. The minimum absolute atomic E-state index is 0.0873. The van der Waals surface area contributed by atoms with Crippen molar-refractivity contribution in [2.75, 3.05) is 5.32 Å². The van der Waals surface area contributed by atoms with Crippen LogP contribution in [0.4, 0.5) is 5.13 Å². The third kappa shape index (κ3) is 3.22. The lowest BCUT2D eigenvalue weighted by Gasteiger charge is -1.98. The quantitative estimate of drug-likeness (QED) is 0.730. The Balaban J connectivity index is 1.92. The predicted octanol–water partition coefficient (Wildman–Crippen LogP) is 4.17. The molecule has 1 amide bonds. The molecule has 6 heteroatoms. The van der Waals surface area contributed by atoms with Gasteiger partial charge in [-0.05, 0) is 19.1 Å². The standard InChI is InChI=1S/C17H14N2O3S/c1-10-8-9-13(22-10)16(21)19-17-18-14(15(23-17)11(2)20)12-6-4-3-5-7-12/h3-9H,1-2H3,(H,18,19,21). The summed E-state index contributed by atoms with van der Waals surface area (Å²) in [6.45, 7) is 3.25. The molecular weight excluding hydrogens is 312 g/mol. The fourth-order valence-electron chi connectivity index (χ4n) is 2.12. The number of benzene rings is 1. The van der Waals surface area contributed by atoms with Crippen molar-refractivity contribution >= 4 is 28.2 Å². The first kappa shape index (κ1) is 15.2. The lowest BCUT2D eigenvalue weighted by Crippen LogP contribution is -2.10. The van der Waals surface area contributed by atoms with Crippen LogP contribution < -0.4 is 5.32 Å². The van der Waals surface area contributed by atoms with E-state index in [1.807, 2.05) is 30.3 Å². The Morgan fingerprint density at radius 1 is 1.13 bits per heavy atom. The minimum Gasteiger partial charge on any atom is -0.456 e. The first-order valence-electron chi connectivity index (χ1n) is 6.99. The van der Waals surface area contributed by atoms with Crippen LogP contribution in [0.1, 0.15) is 32.9 Å². The Morgan fingerprint density at radius 3 is 2.48 bits per heavy atom. The third-order valence-corrected chi connectivity index (χ3v) is 4.25. The van der Waals surface area contributed by atoms with E-state index in [1.165, 1.54) is 6.92 Å². The lowest BCUT2D eigenvalue weighted by molar-refractivity contribution is 0.0993. The highest BCUT2D eigenvalue weighted by molar-refractivity contribution is 7.18. The number of amides is 1. The van der Waals surface area contributed by atoms with E-state index in [4.69, 9.17) is 4.42 Å². The van der Waals surface area contributed by atoms with Crippen LogP contribution in [0.5, 0.6) is 0 Å². The second-order valence-electron chi connectivity index (χ2n) is 4.98. The number of aryl methyl sites for hydroxylation is 1. The average molecular weight is 326 g/mol. The average Bonchev–Trinajstić information content (AvgIpc) is 3.15. The highest BCUT2D eigenvalue weighted by atomic mass is 32.1. The number of carbonyl (C=O) groups is 2. The second-order valence-corrected chi connectivity index (χ2v) is 5.98. The summed E-state index contributed by atoms with van der Waals surface area (Å²) in [7, 11) is 0. The SMILES string of the molecule is CC(=O)c1sc(NC(=O)c2ccc(C)o2)nc1-c1ccccc1. The molecule has 0 saturated carbocycles. The Hall–Kier alpha value is -2.73. The van der Waals surface area contributed by atoms with E-state index >= 15 is 0 Å². The maximum absolute atomic E-state index is 12.1. The highest BCUT2D eigenvalue weighted by Gasteiger charge is 2.19. The van der Waals surface area contributed by atoms with E-state index < -0.39 is 0 Å². The molecule has 0 aliphatic carbocycles. The number of hydrogen-bond donors (Lipinski definition) is 1. The molecule has 1 N–H and O–H groups in total. The first-order chi connectivity index (χ1) is 11.0. The van der Waals surface area contributed by atoms with Gasteiger partial charge < -0.3 is 4.42 Å². The van der Waals surface area contributed by atoms with Gasteiger partial charge in [-0.2, -0.15) is 0 Å². The minimum atomic E-state index is -0.387. The van der Waals surface area contributed by atoms with Gasteiger partial charge in [0, 0.05) is 12.5 Å². The summed E-state index contributed by atoms with van der Waals surface area (Å²) in [5, 5.41) is 3.05. The molecule has 0 fully saturated rings.